The number of esters is 1. The average molecular weight is 451 g/mol. The van der Waals surface area contributed by atoms with Crippen molar-refractivity contribution in [1.82, 2.24) is 9.47 Å². The van der Waals surface area contributed by atoms with Gasteiger partial charge in [0.2, 0.25) is 5.43 Å². The number of rotatable bonds is 5. The van der Waals surface area contributed by atoms with Crippen molar-refractivity contribution in [2.24, 2.45) is 12.5 Å². The SMILES string of the molecule is CCOC(=O)[C@@]1(Cc2ccc(F)cc2)CCCN(C(=O)c2cn(C)c3ccccc3c2=O)C1. The minimum Gasteiger partial charge on any atom is -0.466 e. The minimum absolute atomic E-state index is 0.0811. The number of carbonyl (C=O) groups excluding carboxylic acids is 2. The Morgan fingerprint density at radius 2 is 1.85 bits per heavy atom. The summed E-state index contributed by atoms with van der Waals surface area (Å²) in [5.41, 5.74) is 0.344. The fraction of sp³-hybridized carbons (Fsp3) is 0.346. The van der Waals surface area contributed by atoms with Crippen molar-refractivity contribution in [2.75, 3.05) is 19.7 Å². The summed E-state index contributed by atoms with van der Waals surface area (Å²) < 4.78 is 20.6. The summed E-state index contributed by atoms with van der Waals surface area (Å²) in [6.07, 6.45) is 3.03. The molecule has 2 aromatic carbocycles. The number of fused-ring (bicyclic) bond motifs is 1. The van der Waals surface area contributed by atoms with E-state index in [0.717, 1.165) is 11.1 Å². The first-order chi connectivity index (χ1) is 15.8. The van der Waals surface area contributed by atoms with Crippen LogP contribution in [-0.2, 0) is 23.0 Å². The molecule has 1 fully saturated rings. The van der Waals surface area contributed by atoms with Crippen LogP contribution in [0.3, 0.4) is 0 Å². The van der Waals surface area contributed by atoms with Crippen LogP contribution in [0.5, 0.6) is 0 Å². The number of pyridine rings is 1. The lowest BCUT2D eigenvalue weighted by molar-refractivity contribution is -0.158. The minimum atomic E-state index is -0.955. The topological polar surface area (TPSA) is 68.6 Å². The molecule has 172 valence electrons. The molecule has 1 saturated heterocycles. The first-order valence-corrected chi connectivity index (χ1v) is 11.1. The van der Waals surface area contributed by atoms with Crippen LogP contribution < -0.4 is 5.43 Å². The van der Waals surface area contributed by atoms with Gasteiger partial charge in [-0.2, -0.15) is 0 Å². The van der Waals surface area contributed by atoms with E-state index < -0.39 is 11.3 Å². The number of para-hydroxylation sites is 1. The fourth-order valence-corrected chi connectivity index (χ4v) is 4.73. The van der Waals surface area contributed by atoms with Crippen molar-refractivity contribution in [3.8, 4) is 0 Å². The van der Waals surface area contributed by atoms with Gasteiger partial charge in [0.15, 0.2) is 0 Å². The molecule has 0 saturated carbocycles. The van der Waals surface area contributed by atoms with Gasteiger partial charge in [0.1, 0.15) is 11.4 Å². The van der Waals surface area contributed by atoms with E-state index in [4.69, 9.17) is 4.74 Å². The molecule has 1 amide bonds. The Hall–Kier alpha value is -3.48. The third-order valence-corrected chi connectivity index (χ3v) is 6.35. The van der Waals surface area contributed by atoms with E-state index in [0.29, 0.717) is 31.2 Å². The lowest BCUT2D eigenvalue weighted by Gasteiger charge is -2.41. The second-order valence-electron chi connectivity index (χ2n) is 8.63. The molecular formula is C26H27FN2O4. The number of amides is 1. The Balaban J connectivity index is 1.69. The molecule has 1 aliphatic rings. The summed E-state index contributed by atoms with van der Waals surface area (Å²) in [6, 6.07) is 13.2. The van der Waals surface area contributed by atoms with E-state index in [1.165, 1.54) is 12.1 Å². The highest BCUT2D eigenvalue weighted by Crippen LogP contribution is 2.36. The second kappa shape index (κ2) is 9.17. The van der Waals surface area contributed by atoms with Crippen molar-refractivity contribution in [2.45, 2.75) is 26.2 Å². The summed E-state index contributed by atoms with van der Waals surface area (Å²) in [7, 11) is 1.80. The smallest absolute Gasteiger partial charge is 0.314 e. The standard InChI is InChI=1S/C26H27FN2O4/c1-3-33-25(32)26(15-18-9-11-19(27)12-10-18)13-6-14-29(17-26)24(31)21-16-28(2)22-8-5-4-7-20(22)23(21)30/h4-5,7-12,16H,3,6,13-15,17H2,1-2H3/t26-/m1/s1. The largest absolute Gasteiger partial charge is 0.466 e. The van der Waals surface area contributed by atoms with Crippen LogP contribution in [0.25, 0.3) is 10.9 Å². The monoisotopic (exact) mass is 450 g/mol. The molecule has 7 heteroatoms. The van der Waals surface area contributed by atoms with Crippen LogP contribution in [-0.4, -0.2) is 41.0 Å². The van der Waals surface area contributed by atoms with E-state index in [2.05, 4.69) is 0 Å². The van der Waals surface area contributed by atoms with E-state index in [9.17, 15) is 18.8 Å². The molecule has 0 radical (unpaired) electrons. The molecule has 1 atom stereocenters. The van der Waals surface area contributed by atoms with E-state index in [1.807, 2.05) is 12.1 Å². The molecule has 4 rings (SSSR count). The van der Waals surface area contributed by atoms with Crippen LogP contribution in [0.1, 0.15) is 35.7 Å². The number of likely N-dealkylation sites (tertiary alicyclic amines) is 1. The highest BCUT2D eigenvalue weighted by molar-refractivity contribution is 5.97. The molecule has 0 unspecified atom stereocenters. The number of halogens is 1. The molecule has 0 spiro atoms. The number of benzene rings is 2. The zero-order valence-corrected chi connectivity index (χ0v) is 18.8. The van der Waals surface area contributed by atoms with Crippen LogP contribution in [0.4, 0.5) is 4.39 Å². The van der Waals surface area contributed by atoms with Gasteiger partial charge < -0.3 is 14.2 Å². The van der Waals surface area contributed by atoms with E-state index in [-0.39, 0.29) is 35.9 Å². The molecular weight excluding hydrogens is 423 g/mol. The van der Waals surface area contributed by atoms with E-state index >= 15 is 0 Å². The van der Waals surface area contributed by atoms with Crippen molar-refractivity contribution >= 4 is 22.8 Å². The Kier molecular flexibility index (Phi) is 6.31. The van der Waals surface area contributed by atoms with Crippen molar-refractivity contribution in [3.63, 3.8) is 0 Å². The Morgan fingerprint density at radius 1 is 1.12 bits per heavy atom. The third-order valence-electron chi connectivity index (χ3n) is 6.35. The summed E-state index contributed by atoms with van der Waals surface area (Å²) in [6.45, 7) is 2.55. The molecule has 1 aromatic heterocycles. The molecule has 6 nitrogen and oxygen atoms in total. The Labute approximate surface area is 191 Å². The number of ether oxygens (including phenoxy) is 1. The predicted molar refractivity (Wildman–Crippen MR) is 123 cm³/mol. The number of hydrogen-bond acceptors (Lipinski definition) is 4. The van der Waals surface area contributed by atoms with E-state index in [1.54, 1.807) is 53.9 Å². The quantitative estimate of drug-likeness (QED) is 0.556. The Morgan fingerprint density at radius 3 is 2.58 bits per heavy atom. The zero-order chi connectivity index (χ0) is 23.6. The fourth-order valence-electron chi connectivity index (χ4n) is 4.73. The lowest BCUT2D eigenvalue weighted by Crippen LogP contribution is -2.52. The summed E-state index contributed by atoms with van der Waals surface area (Å²) in [4.78, 5) is 41.3. The van der Waals surface area contributed by atoms with Gasteiger partial charge in [-0.1, -0.05) is 24.3 Å². The average Bonchev–Trinajstić information content (AvgIpc) is 2.83. The van der Waals surface area contributed by atoms with Gasteiger partial charge in [-0.15, -0.1) is 0 Å². The zero-order valence-electron chi connectivity index (χ0n) is 18.8. The highest BCUT2D eigenvalue weighted by atomic mass is 19.1. The molecule has 0 aliphatic carbocycles. The summed E-state index contributed by atoms with van der Waals surface area (Å²) in [5, 5.41) is 0.478. The molecule has 1 aliphatic heterocycles. The number of aromatic nitrogens is 1. The predicted octanol–water partition coefficient (Wildman–Crippen LogP) is 3.71. The highest BCUT2D eigenvalue weighted by Gasteiger charge is 2.45. The first-order valence-electron chi connectivity index (χ1n) is 11.1. The van der Waals surface area contributed by atoms with Gasteiger partial charge in [0.25, 0.3) is 5.91 Å². The number of carbonyl (C=O) groups is 2. The maximum atomic E-state index is 13.5. The number of aryl methyl sites for hydroxylation is 1. The van der Waals surface area contributed by atoms with Gasteiger partial charge in [-0.05, 0) is 56.0 Å². The van der Waals surface area contributed by atoms with Gasteiger partial charge in [0, 0.05) is 31.7 Å². The summed E-state index contributed by atoms with van der Waals surface area (Å²) in [5.74, 6) is -1.12. The van der Waals surface area contributed by atoms with Crippen molar-refractivity contribution in [1.29, 1.82) is 0 Å². The van der Waals surface area contributed by atoms with Crippen molar-refractivity contribution < 1.29 is 18.7 Å². The third kappa shape index (κ3) is 4.40. The number of nitrogens with zero attached hydrogens (tertiary/aromatic N) is 2. The molecule has 33 heavy (non-hydrogen) atoms. The van der Waals surface area contributed by atoms with Gasteiger partial charge >= 0.3 is 5.97 Å². The summed E-state index contributed by atoms with van der Waals surface area (Å²) >= 11 is 0. The number of piperidine rings is 1. The second-order valence-corrected chi connectivity index (χ2v) is 8.63. The molecule has 0 N–H and O–H groups in total. The van der Waals surface area contributed by atoms with Crippen LogP contribution >= 0.6 is 0 Å². The maximum absolute atomic E-state index is 13.5. The molecule has 2 heterocycles. The van der Waals surface area contributed by atoms with Gasteiger partial charge in [0.05, 0.1) is 17.5 Å². The Bertz CT molecular complexity index is 1250. The molecule has 0 bridgehead atoms. The molecule has 3 aromatic rings. The number of hydrogen-bond donors (Lipinski definition) is 0. The normalized spacial score (nSPS) is 18.3. The van der Waals surface area contributed by atoms with Gasteiger partial charge in [-0.25, -0.2) is 4.39 Å². The van der Waals surface area contributed by atoms with Gasteiger partial charge in [-0.3, -0.25) is 14.4 Å². The van der Waals surface area contributed by atoms with Crippen LogP contribution in [0.2, 0.25) is 0 Å². The van der Waals surface area contributed by atoms with Crippen molar-refractivity contribution in [3.05, 3.63) is 81.9 Å². The van der Waals surface area contributed by atoms with Crippen LogP contribution in [0.15, 0.2) is 59.5 Å². The van der Waals surface area contributed by atoms with Crippen LogP contribution in [0, 0.1) is 11.2 Å². The lowest BCUT2D eigenvalue weighted by atomic mass is 9.75. The maximum Gasteiger partial charge on any atom is 0.314 e. The first kappa shape index (κ1) is 22.7.